The molecular weight excluding hydrogens is 242 g/mol. The van der Waals surface area contributed by atoms with Gasteiger partial charge in [0.15, 0.2) is 0 Å². The van der Waals surface area contributed by atoms with Crippen LogP contribution in [0.3, 0.4) is 0 Å². The average molecular weight is 273 g/mol. The number of benzene rings is 1. The molecule has 0 aliphatic heterocycles. The summed E-state index contributed by atoms with van der Waals surface area (Å²) >= 11 is 0. The van der Waals surface area contributed by atoms with Crippen molar-refractivity contribution in [3.8, 4) is 0 Å². The van der Waals surface area contributed by atoms with Gasteiger partial charge < -0.3 is 5.32 Å². The zero-order valence-corrected chi connectivity index (χ0v) is 13.7. The molecule has 1 atom stereocenters. The zero-order chi connectivity index (χ0) is 14.6. The molecule has 0 bridgehead atoms. The van der Waals surface area contributed by atoms with Crippen molar-refractivity contribution in [2.45, 2.75) is 71.8 Å². The monoisotopic (exact) mass is 273 g/mol. The highest BCUT2D eigenvalue weighted by molar-refractivity contribution is 5.28. The second-order valence-electron chi connectivity index (χ2n) is 7.03. The third-order valence-corrected chi connectivity index (χ3v) is 5.04. The first-order chi connectivity index (χ1) is 9.57. The molecule has 1 N–H and O–H groups in total. The molecule has 1 heteroatoms. The molecule has 1 aromatic carbocycles. The lowest BCUT2D eigenvalue weighted by Crippen LogP contribution is -2.37. The first-order valence-electron chi connectivity index (χ1n) is 8.40. The van der Waals surface area contributed by atoms with Crippen molar-refractivity contribution in [3.63, 3.8) is 0 Å². The predicted molar refractivity (Wildman–Crippen MR) is 88.1 cm³/mol. The molecule has 0 heterocycles. The Balaban J connectivity index is 2.23. The molecule has 0 aromatic heterocycles. The van der Waals surface area contributed by atoms with Gasteiger partial charge in [0.1, 0.15) is 0 Å². The van der Waals surface area contributed by atoms with Crippen molar-refractivity contribution in [3.05, 3.63) is 35.4 Å². The van der Waals surface area contributed by atoms with Crippen LogP contribution in [0, 0.1) is 5.41 Å². The minimum absolute atomic E-state index is 0.424. The summed E-state index contributed by atoms with van der Waals surface area (Å²) < 4.78 is 0. The lowest BCUT2D eigenvalue weighted by Gasteiger charge is -2.41. The van der Waals surface area contributed by atoms with Gasteiger partial charge in [-0.2, -0.15) is 0 Å². The molecule has 1 nitrogen and oxygen atoms in total. The van der Waals surface area contributed by atoms with Crippen LogP contribution in [-0.4, -0.2) is 6.54 Å². The summed E-state index contributed by atoms with van der Waals surface area (Å²) in [6, 6.07) is 9.84. The fourth-order valence-corrected chi connectivity index (χ4v) is 3.69. The van der Waals surface area contributed by atoms with E-state index in [1.54, 1.807) is 0 Å². The Morgan fingerprint density at radius 2 is 1.55 bits per heavy atom. The van der Waals surface area contributed by atoms with E-state index in [1.165, 1.54) is 43.2 Å². The van der Waals surface area contributed by atoms with E-state index in [4.69, 9.17) is 0 Å². The lowest BCUT2D eigenvalue weighted by atomic mass is 9.68. The minimum atomic E-state index is 0.424. The van der Waals surface area contributed by atoms with E-state index in [0.717, 1.165) is 6.54 Å². The molecule has 1 aliphatic carbocycles. The van der Waals surface area contributed by atoms with E-state index >= 15 is 0 Å². The van der Waals surface area contributed by atoms with Gasteiger partial charge in [-0.25, -0.2) is 0 Å². The van der Waals surface area contributed by atoms with E-state index in [0.29, 0.717) is 17.4 Å². The van der Waals surface area contributed by atoms with Crippen molar-refractivity contribution in [2.75, 3.05) is 6.54 Å². The predicted octanol–water partition coefficient (Wildman–Crippen LogP) is 5.43. The van der Waals surface area contributed by atoms with Gasteiger partial charge in [0.05, 0.1) is 0 Å². The van der Waals surface area contributed by atoms with Crippen LogP contribution in [0.5, 0.6) is 0 Å². The first kappa shape index (κ1) is 15.6. The Bertz CT molecular complexity index is 398. The fourth-order valence-electron chi connectivity index (χ4n) is 3.69. The Hall–Kier alpha value is -0.820. The molecular formula is C19H31N. The standard InChI is InChI=1S/C19H31N/c1-5-20-18(19(4)13-7-6-8-14-19)17-11-9-16(10-12-17)15(2)3/h9-12,15,18,20H,5-8,13-14H2,1-4H3. The molecule has 20 heavy (non-hydrogen) atoms. The Morgan fingerprint density at radius 3 is 2.05 bits per heavy atom. The average Bonchev–Trinajstić information content (AvgIpc) is 2.45. The summed E-state index contributed by atoms with van der Waals surface area (Å²) in [7, 11) is 0. The van der Waals surface area contributed by atoms with Crippen LogP contribution in [0.15, 0.2) is 24.3 Å². The normalized spacial score (nSPS) is 20.1. The lowest BCUT2D eigenvalue weighted by molar-refractivity contribution is 0.146. The SMILES string of the molecule is CCNC(c1ccc(C(C)C)cc1)C1(C)CCCCC1. The van der Waals surface area contributed by atoms with Gasteiger partial charge in [-0.3, -0.25) is 0 Å². The van der Waals surface area contributed by atoms with Crippen LogP contribution in [0.25, 0.3) is 0 Å². The molecule has 1 saturated carbocycles. The Labute approximate surface area is 125 Å². The molecule has 0 saturated heterocycles. The van der Waals surface area contributed by atoms with Crippen molar-refractivity contribution < 1.29 is 0 Å². The van der Waals surface area contributed by atoms with Crippen LogP contribution in [-0.2, 0) is 0 Å². The third kappa shape index (κ3) is 3.44. The summed E-state index contributed by atoms with van der Waals surface area (Å²) in [6.45, 7) is 10.3. The minimum Gasteiger partial charge on any atom is -0.310 e. The molecule has 0 amide bonds. The molecule has 1 aromatic rings. The molecule has 1 fully saturated rings. The maximum absolute atomic E-state index is 3.76. The van der Waals surface area contributed by atoms with E-state index in [2.05, 4.69) is 57.3 Å². The third-order valence-electron chi connectivity index (χ3n) is 5.04. The molecule has 2 rings (SSSR count). The fraction of sp³-hybridized carbons (Fsp3) is 0.684. The molecule has 0 spiro atoms. The summed E-state index contributed by atoms with van der Waals surface area (Å²) in [5.41, 5.74) is 3.34. The second kappa shape index (κ2) is 6.76. The van der Waals surface area contributed by atoms with Gasteiger partial charge in [-0.05, 0) is 41.8 Å². The number of hydrogen-bond acceptors (Lipinski definition) is 1. The maximum atomic E-state index is 3.76. The second-order valence-corrected chi connectivity index (χ2v) is 7.03. The van der Waals surface area contributed by atoms with Gasteiger partial charge in [0.25, 0.3) is 0 Å². The van der Waals surface area contributed by atoms with Gasteiger partial charge in [-0.1, -0.05) is 71.2 Å². The summed E-state index contributed by atoms with van der Waals surface area (Å²) in [6.07, 6.45) is 6.92. The van der Waals surface area contributed by atoms with Crippen LogP contribution >= 0.6 is 0 Å². The van der Waals surface area contributed by atoms with Gasteiger partial charge in [-0.15, -0.1) is 0 Å². The Morgan fingerprint density at radius 1 is 1.00 bits per heavy atom. The molecule has 1 aliphatic rings. The number of nitrogens with one attached hydrogen (secondary N) is 1. The molecule has 0 radical (unpaired) electrons. The van der Waals surface area contributed by atoms with Crippen LogP contribution in [0.1, 0.15) is 82.9 Å². The molecule has 1 unspecified atom stereocenters. The maximum Gasteiger partial charge on any atom is 0.0374 e. The van der Waals surface area contributed by atoms with Crippen molar-refractivity contribution in [1.29, 1.82) is 0 Å². The van der Waals surface area contributed by atoms with Crippen molar-refractivity contribution >= 4 is 0 Å². The van der Waals surface area contributed by atoms with Gasteiger partial charge in [0.2, 0.25) is 0 Å². The summed E-state index contributed by atoms with van der Waals surface area (Å²) in [4.78, 5) is 0. The number of hydrogen-bond donors (Lipinski definition) is 1. The highest BCUT2D eigenvalue weighted by Gasteiger charge is 2.35. The first-order valence-corrected chi connectivity index (χ1v) is 8.40. The molecule has 112 valence electrons. The quantitative estimate of drug-likeness (QED) is 0.754. The zero-order valence-electron chi connectivity index (χ0n) is 13.7. The number of rotatable bonds is 5. The van der Waals surface area contributed by atoms with Crippen LogP contribution < -0.4 is 5.32 Å². The largest absolute Gasteiger partial charge is 0.310 e. The topological polar surface area (TPSA) is 12.0 Å². The van der Waals surface area contributed by atoms with E-state index in [-0.39, 0.29) is 0 Å². The van der Waals surface area contributed by atoms with E-state index in [1.807, 2.05) is 0 Å². The summed E-state index contributed by atoms with van der Waals surface area (Å²) in [5, 5.41) is 3.76. The van der Waals surface area contributed by atoms with Crippen molar-refractivity contribution in [1.82, 2.24) is 5.32 Å². The van der Waals surface area contributed by atoms with Gasteiger partial charge >= 0.3 is 0 Å². The van der Waals surface area contributed by atoms with E-state index < -0.39 is 0 Å². The highest BCUT2D eigenvalue weighted by Crippen LogP contribution is 2.45. The van der Waals surface area contributed by atoms with Crippen molar-refractivity contribution in [2.24, 2.45) is 5.41 Å². The summed E-state index contributed by atoms with van der Waals surface area (Å²) in [5.74, 6) is 0.618. The Kier molecular flexibility index (Phi) is 5.26. The smallest absolute Gasteiger partial charge is 0.0374 e. The van der Waals surface area contributed by atoms with Crippen LogP contribution in [0.4, 0.5) is 0 Å². The highest BCUT2D eigenvalue weighted by atomic mass is 14.9. The van der Waals surface area contributed by atoms with E-state index in [9.17, 15) is 0 Å². The van der Waals surface area contributed by atoms with Crippen LogP contribution in [0.2, 0.25) is 0 Å². The van der Waals surface area contributed by atoms with Gasteiger partial charge in [0, 0.05) is 6.04 Å².